The van der Waals surface area contributed by atoms with Gasteiger partial charge >= 0.3 is 0 Å². The molecule has 0 bridgehead atoms. The van der Waals surface area contributed by atoms with Crippen LogP contribution < -0.4 is 10.6 Å². The zero-order valence-electron chi connectivity index (χ0n) is 19.4. The lowest BCUT2D eigenvalue weighted by molar-refractivity contribution is -0.115. The van der Waals surface area contributed by atoms with E-state index in [0.29, 0.717) is 18.7 Å². The molecule has 0 spiro atoms. The van der Waals surface area contributed by atoms with E-state index in [1.807, 2.05) is 38.1 Å². The molecule has 0 fully saturated rings. The number of allylic oxidation sites excluding steroid dienone is 5. The maximum atomic E-state index is 11.9. The molecule has 0 aliphatic rings. The van der Waals surface area contributed by atoms with Crippen LogP contribution in [0.2, 0.25) is 0 Å². The number of aromatic nitrogens is 4. The summed E-state index contributed by atoms with van der Waals surface area (Å²) in [6.45, 7) is 15.5. The van der Waals surface area contributed by atoms with Crippen molar-refractivity contribution in [3.8, 4) is 0 Å². The topological polar surface area (TPSA) is 92.7 Å². The number of nitrogens with one attached hydrogen (secondary N) is 2. The van der Waals surface area contributed by atoms with Gasteiger partial charge in [0.25, 0.3) is 0 Å². The fourth-order valence-corrected chi connectivity index (χ4v) is 3.65. The highest BCUT2D eigenvalue weighted by Gasteiger charge is 2.07. The van der Waals surface area contributed by atoms with Gasteiger partial charge in [-0.3, -0.25) is 4.79 Å². The Bertz CT molecular complexity index is 1020. The van der Waals surface area contributed by atoms with Gasteiger partial charge in [-0.2, -0.15) is 5.10 Å². The molecule has 0 radical (unpaired) electrons. The van der Waals surface area contributed by atoms with Crippen molar-refractivity contribution in [3.63, 3.8) is 0 Å². The van der Waals surface area contributed by atoms with Crippen molar-refractivity contribution in [2.24, 2.45) is 0 Å². The van der Waals surface area contributed by atoms with E-state index in [-0.39, 0.29) is 5.91 Å². The molecular formula is C25H32N6OS. The first-order chi connectivity index (χ1) is 15.9. The number of amides is 1. The molecule has 2 aromatic rings. The van der Waals surface area contributed by atoms with Crippen LogP contribution in [0.1, 0.15) is 50.2 Å². The minimum absolute atomic E-state index is 0.0865. The second kappa shape index (κ2) is 13.9. The fraction of sp³-hybridized carbons (Fsp3) is 0.320. The Balaban J connectivity index is 1.69. The van der Waals surface area contributed by atoms with Crippen LogP contribution in [-0.2, 0) is 17.6 Å². The second-order valence-corrected chi connectivity index (χ2v) is 8.70. The lowest BCUT2D eigenvalue weighted by Gasteiger charge is -2.05. The Labute approximate surface area is 200 Å². The van der Waals surface area contributed by atoms with E-state index < -0.39 is 0 Å². The lowest BCUT2D eigenvalue weighted by atomic mass is 10.1. The van der Waals surface area contributed by atoms with Gasteiger partial charge in [-0.25, -0.2) is 0 Å². The Morgan fingerprint density at radius 1 is 1.06 bits per heavy atom. The standard InChI is InChI=1S/C25H32N6OS/c1-6-8-11-19(4)16-20(5)26-25-31-30-24(33-25)13-10-9-12-21-14-15-22(29-28-21)27-23(32)17-18(3)7-2/h6-8,11,14-15H,1,4-5,9-10,12-13,16-17H2,2-3H3,(H,26,31)(H,27,29,32)/b11-8-,18-7+. The first-order valence-corrected chi connectivity index (χ1v) is 11.7. The monoisotopic (exact) mass is 464 g/mol. The molecule has 0 saturated carbocycles. The average Bonchev–Trinajstić information content (AvgIpc) is 3.23. The van der Waals surface area contributed by atoms with E-state index in [0.717, 1.165) is 58.4 Å². The summed E-state index contributed by atoms with van der Waals surface area (Å²) in [7, 11) is 0. The van der Waals surface area contributed by atoms with Crippen molar-refractivity contribution in [2.75, 3.05) is 10.6 Å². The molecular weight excluding hydrogens is 432 g/mol. The molecule has 0 aliphatic carbocycles. The van der Waals surface area contributed by atoms with Crippen LogP contribution in [0, 0.1) is 0 Å². The Morgan fingerprint density at radius 2 is 1.85 bits per heavy atom. The fourth-order valence-electron chi connectivity index (χ4n) is 2.82. The van der Waals surface area contributed by atoms with E-state index in [4.69, 9.17) is 0 Å². The van der Waals surface area contributed by atoms with Gasteiger partial charge in [0.15, 0.2) is 5.82 Å². The molecule has 1 amide bonds. The maximum Gasteiger partial charge on any atom is 0.229 e. The van der Waals surface area contributed by atoms with Crippen molar-refractivity contribution < 1.29 is 4.79 Å². The first kappa shape index (κ1) is 25.9. The third-order valence-electron chi connectivity index (χ3n) is 4.65. The summed E-state index contributed by atoms with van der Waals surface area (Å²) in [5, 5.41) is 24.4. The van der Waals surface area contributed by atoms with Crippen LogP contribution in [0.5, 0.6) is 0 Å². The van der Waals surface area contributed by atoms with E-state index in [1.165, 1.54) is 11.3 Å². The zero-order chi connectivity index (χ0) is 24.1. The number of nitrogens with zero attached hydrogens (tertiary/aromatic N) is 4. The minimum Gasteiger partial charge on any atom is -0.334 e. The molecule has 0 saturated heterocycles. The quantitative estimate of drug-likeness (QED) is 0.208. The number of carbonyl (C=O) groups is 1. The van der Waals surface area contributed by atoms with Crippen LogP contribution >= 0.6 is 11.3 Å². The number of carbonyl (C=O) groups excluding carboxylic acids is 1. The van der Waals surface area contributed by atoms with Gasteiger partial charge < -0.3 is 10.6 Å². The van der Waals surface area contributed by atoms with Crippen molar-refractivity contribution >= 4 is 28.2 Å². The summed E-state index contributed by atoms with van der Waals surface area (Å²) in [6.07, 6.45) is 12.0. The summed E-state index contributed by atoms with van der Waals surface area (Å²) in [5.74, 6) is 0.389. The molecule has 7 nitrogen and oxygen atoms in total. The Hall–Kier alpha value is -3.39. The van der Waals surface area contributed by atoms with Gasteiger partial charge in [-0.15, -0.1) is 15.3 Å². The molecule has 2 aromatic heterocycles. The number of hydrogen-bond donors (Lipinski definition) is 2. The van der Waals surface area contributed by atoms with E-state index in [1.54, 1.807) is 12.1 Å². The van der Waals surface area contributed by atoms with Crippen LogP contribution in [-0.4, -0.2) is 26.3 Å². The molecule has 0 aromatic carbocycles. The number of unbranched alkanes of at least 4 members (excludes halogenated alkanes) is 1. The second-order valence-electron chi connectivity index (χ2n) is 7.64. The van der Waals surface area contributed by atoms with Crippen LogP contribution in [0.3, 0.4) is 0 Å². The van der Waals surface area contributed by atoms with Crippen LogP contribution in [0.25, 0.3) is 0 Å². The van der Waals surface area contributed by atoms with Gasteiger partial charge in [0.2, 0.25) is 11.0 Å². The summed E-state index contributed by atoms with van der Waals surface area (Å²) >= 11 is 1.54. The largest absolute Gasteiger partial charge is 0.334 e. The lowest BCUT2D eigenvalue weighted by Crippen LogP contribution is -2.13. The van der Waals surface area contributed by atoms with E-state index in [9.17, 15) is 4.79 Å². The van der Waals surface area contributed by atoms with Crippen molar-refractivity contribution in [3.05, 3.63) is 83.7 Å². The number of rotatable bonds is 14. The number of aryl methyl sites for hydroxylation is 2. The molecule has 2 rings (SSSR count). The van der Waals surface area contributed by atoms with Gasteiger partial charge in [0.1, 0.15) is 5.01 Å². The molecule has 33 heavy (non-hydrogen) atoms. The number of anilines is 2. The van der Waals surface area contributed by atoms with Gasteiger partial charge in [0.05, 0.1) is 5.69 Å². The summed E-state index contributed by atoms with van der Waals surface area (Å²) < 4.78 is 0. The zero-order valence-corrected chi connectivity index (χ0v) is 20.2. The van der Waals surface area contributed by atoms with E-state index in [2.05, 4.69) is 50.8 Å². The van der Waals surface area contributed by atoms with Gasteiger partial charge in [0, 0.05) is 25.0 Å². The van der Waals surface area contributed by atoms with E-state index >= 15 is 0 Å². The first-order valence-electron chi connectivity index (χ1n) is 10.9. The third kappa shape index (κ3) is 10.2. The summed E-state index contributed by atoms with van der Waals surface area (Å²) in [4.78, 5) is 11.9. The maximum absolute atomic E-state index is 11.9. The Morgan fingerprint density at radius 3 is 2.55 bits per heavy atom. The molecule has 0 unspecified atom stereocenters. The molecule has 0 atom stereocenters. The predicted octanol–water partition coefficient (Wildman–Crippen LogP) is 5.80. The average molecular weight is 465 g/mol. The smallest absolute Gasteiger partial charge is 0.229 e. The highest BCUT2D eigenvalue weighted by Crippen LogP contribution is 2.21. The highest BCUT2D eigenvalue weighted by molar-refractivity contribution is 7.15. The van der Waals surface area contributed by atoms with Crippen molar-refractivity contribution in [1.82, 2.24) is 20.4 Å². The molecule has 2 N–H and O–H groups in total. The van der Waals surface area contributed by atoms with Crippen molar-refractivity contribution in [1.29, 1.82) is 0 Å². The highest BCUT2D eigenvalue weighted by atomic mass is 32.1. The van der Waals surface area contributed by atoms with Gasteiger partial charge in [-0.05, 0) is 50.8 Å². The Kier molecular flexibility index (Phi) is 10.9. The SMILES string of the molecule is C=C/C=C\C(=C)CC(=C)Nc1nnc(CCCCc2ccc(NC(=O)C/C(C)=C/C)nn2)s1. The third-order valence-corrected chi connectivity index (χ3v) is 5.55. The predicted molar refractivity (Wildman–Crippen MR) is 137 cm³/mol. The van der Waals surface area contributed by atoms with Crippen LogP contribution in [0.15, 0.2) is 73.0 Å². The summed E-state index contributed by atoms with van der Waals surface area (Å²) in [6, 6.07) is 3.70. The van der Waals surface area contributed by atoms with Crippen LogP contribution in [0.4, 0.5) is 10.9 Å². The summed E-state index contributed by atoms with van der Waals surface area (Å²) in [5.41, 5.74) is 3.69. The molecule has 8 heteroatoms. The number of hydrogen-bond acceptors (Lipinski definition) is 7. The van der Waals surface area contributed by atoms with Crippen molar-refractivity contribution in [2.45, 2.75) is 52.4 Å². The molecule has 2 heterocycles. The normalized spacial score (nSPS) is 11.4. The van der Waals surface area contributed by atoms with Gasteiger partial charge in [-0.1, -0.05) is 61.0 Å². The minimum atomic E-state index is -0.0865. The molecule has 0 aliphatic heterocycles. The molecule has 174 valence electrons.